The topological polar surface area (TPSA) is 49.4 Å². The lowest BCUT2D eigenvalue weighted by Gasteiger charge is -2.16. The third kappa shape index (κ3) is 4.35. The molecule has 1 N–H and O–H groups in total. The second kappa shape index (κ2) is 8.79. The highest BCUT2D eigenvalue weighted by Crippen LogP contribution is 2.38. The van der Waals surface area contributed by atoms with E-state index in [2.05, 4.69) is 5.32 Å². The van der Waals surface area contributed by atoms with Crippen LogP contribution in [0.2, 0.25) is 10.0 Å². The number of rotatable bonds is 5. The molecule has 0 aliphatic carbocycles. The van der Waals surface area contributed by atoms with Crippen molar-refractivity contribution < 1.29 is 9.59 Å². The number of carbonyl (C=O) groups excluding carboxylic acids is 2. The van der Waals surface area contributed by atoms with Gasteiger partial charge in [0.15, 0.2) is 0 Å². The molecule has 2 amide bonds. The van der Waals surface area contributed by atoms with Gasteiger partial charge in [0.2, 0.25) is 0 Å². The highest BCUT2D eigenvalue weighted by Gasteiger charge is 2.40. The number of amides is 2. The highest BCUT2D eigenvalue weighted by atomic mass is 35.5. The van der Waals surface area contributed by atoms with Crippen molar-refractivity contribution in [1.82, 2.24) is 0 Å². The third-order valence-electron chi connectivity index (χ3n) is 5.02. The second-order valence-electron chi connectivity index (χ2n) is 7.05. The molecule has 0 bridgehead atoms. The number of nitrogens with one attached hydrogen (secondary N) is 1. The Kier molecular flexibility index (Phi) is 6.10. The van der Waals surface area contributed by atoms with Crippen molar-refractivity contribution in [2.24, 2.45) is 0 Å². The number of thioether (sulfide) groups is 1. The minimum absolute atomic E-state index is 0.244. The van der Waals surface area contributed by atoms with E-state index in [1.807, 2.05) is 44.2 Å². The average molecular weight is 469 g/mol. The number of hydrogen-bond acceptors (Lipinski definition) is 4. The van der Waals surface area contributed by atoms with E-state index >= 15 is 0 Å². The molecule has 0 saturated heterocycles. The Morgan fingerprint density at radius 2 is 1.42 bits per heavy atom. The van der Waals surface area contributed by atoms with Gasteiger partial charge in [0.25, 0.3) is 11.8 Å². The molecular formula is C24H18Cl2N2O2S. The summed E-state index contributed by atoms with van der Waals surface area (Å²) in [5.74, 6) is -0.801. The molecule has 7 heteroatoms. The molecule has 0 aromatic heterocycles. The third-order valence-corrected chi connectivity index (χ3v) is 6.62. The first-order valence-corrected chi connectivity index (χ1v) is 11.1. The Labute approximate surface area is 194 Å². The number of anilines is 2. The molecule has 0 fully saturated rings. The molecule has 1 aliphatic heterocycles. The Balaban J connectivity index is 1.77. The SMILES string of the molecule is Cc1cccc(NC2=C(Sc3ccc(Cl)cc3)C(=O)N(c3ccc(Cl)cc3)C2=O)c1C. The van der Waals surface area contributed by atoms with Crippen LogP contribution in [0.25, 0.3) is 0 Å². The van der Waals surface area contributed by atoms with E-state index in [9.17, 15) is 9.59 Å². The van der Waals surface area contributed by atoms with Crippen LogP contribution in [0.3, 0.4) is 0 Å². The largest absolute Gasteiger partial charge is 0.350 e. The van der Waals surface area contributed by atoms with Gasteiger partial charge in [-0.1, -0.05) is 47.1 Å². The first-order valence-electron chi connectivity index (χ1n) is 9.50. The van der Waals surface area contributed by atoms with Crippen LogP contribution in [0.15, 0.2) is 82.2 Å². The van der Waals surface area contributed by atoms with Gasteiger partial charge in [-0.25, -0.2) is 4.90 Å². The molecule has 0 saturated carbocycles. The maximum absolute atomic E-state index is 13.4. The smallest absolute Gasteiger partial charge is 0.283 e. The number of halogens is 2. The van der Waals surface area contributed by atoms with Crippen molar-refractivity contribution in [1.29, 1.82) is 0 Å². The summed E-state index contributed by atoms with van der Waals surface area (Å²) in [4.78, 5) is 29.0. The number of imide groups is 1. The predicted molar refractivity (Wildman–Crippen MR) is 128 cm³/mol. The Hall–Kier alpha value is -2.73. The summed E-state index contributed by atoms with van der Waals surface area (Å²) in [6.45, 7) is 3.97. The van der Waals surface area contributed by atoms with Gasteiger partial charge in [-0.3, -0.25) is 9.59 Å². The normalized spacial score (nSPS) is 13.9. The van der Waals surface area contributed by atoms with Crippen LogP contribution in [0.5, 0.6) is 0 Å². The molecule has 0 spiro atoms. The summed E-state index contributed by atoms with van der Waals surface area (Å²) in [6, 6.07) is 19.6. The fourth-order valence-electron chi connectivity index (χ4n) is 3.18. The lowest BCUT2D eigenvalue weighted by atomic mass is 10.1. The quantitative estimate of drug-likeness (QED) is 0.428. The van der Waals surface area contributed by atoms with Crippen LogP contribution in [0, 0.1) is 13.8 Å². The number of hydrogen-bond donors (Lipinski definition) is 1. The lowest BCUT2D eigenvalue weighted by Crippen LogP contribution is -2.32. The van der Waals surface area contributed by atoms with Crippen molar-refractivity contribution in [3.63, 3.8) is 0 Å². The van der Waals surface area contributed by atoms with Gasteiger partial charge < -0.3 is 5.32 Å². The van der Waals surface area contributed by atoms with Crippen LogP contribution in [0.4, 0.5) is 11.4 Å². The summed E-state index contributed by atoms with van der Waals surface area (Å²) in [5, 5.41) is 4.35. The molecule has 3 aromatic carbocycles. The van der Waals surface area contributed by atoms with Crippen molar-refractivity contribution in [2.45, 2.75) is 18.7 Å². The van der Waals surface area contributed by atoms with E-state index in [1.165, 1.54) is 16.7 Å². The van der Waals surface area contributed by atoms with Crippen LogP contribution in [-0.2, 0) is 9.59 Å². The predicted octanol–water partition coefficient (Wildman–Crippen LogP) is 6.60. The van der Waals surface area contributed by atoms with Crippen molar-refractivity contribution in [3.8, 4) is 0 Å². The van der Waals surface area contributed by atoms with Crippen molar-refractivity contribution in [3.05, 3.63) is 98.5 Å². The average Bonchev–Trinajstić information content (AvgIpc) is 2.97. The number of benzene rings is 3. The molecule has 3 aromatic rings. The van der Waals surface area contributed by atoms with E-state index < -0.39 is 5.91 Å². The minimum Gasteiger partial charge on any atom is -0.350 e. The molecule has 0 unspecified atom stereocenters. The standard InChI is InChI=1S/C24H18Cl2N2O2S/c1-14-4-3-5-20(15(14)2)27-21-22(31-19-12-8-17(26)9-13-19)24(30)28(23(21)29)18-10-6-16(25)7-11-18/h3-13,27H,1-2H3. The molecule has 0 atom stereocenters. The summed E-state index contributed by atoms with van der Waals surface area (Å²) >= 11 is 13.2. The Bertz CT molecular complexity index is 1210. The van der Waals surface area contributed by atoms with Gasteiger partial charge >= 0.3 is 0 Å². The molecular weight excluding hydrogens is 451 g/mol. The van der Waals surface area contributed by atoms with Crippen LogP contribution in [-0.4, -0.2) is 11.8 Å². The van der Waals surface area contributed by atoms with Gasteiger partial charge in [-0.05, 0) is 79.6 Å². The molecule has 156 valence electrons. The van der Waals surface area contributed by atoms with E-state index in [1.54, 1.807) is 36.4 Å². The highest BCUT2D eigenvalue weighted by molar-refractivity contribution is 8.04. The molecule has 4 nitrogen and oxygen atoms in total. The maximum Gasteiger partial charge on any atom is 0.283 e. The Morgan fingerprint density at radius 1 is 0.806 bits per heavy atom. The van der Waals surface area contributed by atoms with Gasteiger partial charge in [0.05, 0.1) is 5.69 Å². The van der Waals surface area contributed by atoms with Gasteiger partial charge in [0.1, 0.15) is 10.6 Å². The minimum atomic E-state index is -0.412. The maximum atomic E-state index is 13.4. The van der Waals surface area contributed by atoms with Crippen molar-refractivity contribution >= 4 is 58.2 Å². The van der Waals surface area contributed by atoms with E-state index in [-0.39, 0.29) is 11.6 Å². The monoisotopic (exact) mass is 468 g/mol. The molecule has 4 rings (SSSR count). The Morgan fingerprint density at radius 3 is 2.06 bits per heavy atom. The zero-order valence-corrected chi connectivity index (χ0v) is 19.1. The zero-order chi connectivity index (χ0) is 22.1. The molecule has 1 aliphatic rings. The van der Waals surface area contributed by atoms with Crippen LogP contribution >= 0.6 is 35.0 Å². The lowest BCUT2D eigenvalue weighted by molar-refractivity contribution is -0.120. The fourth-order valence-corrected chi connectivity index (χ4v) is 4.36. The summed E-state index contributed by atoms with van der Waals surface area (Å²) in [5.41, 5.74) is 3.59. The summed E-state index contributed by atoms with van der Waals surface area (Å²) in [7, 11) is 0. The van der Waals surface area contributed by atoms with Gasteiger partial charge in [0, 0.05) is 20.6 Å². The van der Waals surface area contributed by atoms with Gasteiger partial charge in [-0.2, -0.15) is 0 Å². The van der Waals surface area contributed by atoms with Gasteiger partial charge in [-0.15, -0.1) is 0 Å². The number of carbonyl (C=O) groups is 2. The number of nitrogens with zero attached hydrogens (tertiary/aromatic N) is 1. The first-order chi connectivity index (χ1) is 14.8. The molecule has 0 radical (unpaired) electrons. The summed E-state index contributed by atoms with van der Waals surface area (Å²) < 4.78 is 0. The molecule has 31 heavy (non-hydrogen) atoms. The van der Waals surface area contributed by atoms with E-state index in [0.717, 1.165) is 21.7 Å². The van der Waals surface area contributed by atoms with Crippen LogP contribution in [0.1, 0.15) is 11.1 Å². The molecule has 1 heterocycles. The first kappa shape index (κ1) is 21.5. The summed E-state index contributed by atoms with van der Waals surface area (Å²) in [6.07, 6.45) is 0. The van der Waals surface area contributed by atoms with Crippen LogP contribution < -0.4 is 10.2 Å². The van der Waals surface area contributed by atoms with E-state index in [0.29, 0.717) is 20.6 Å². The zero-order valence-electron chi connectivity index (χ0n) is 16.8. The number of aryl methyl sites for hydroxylation is 1. The van der Waals surface area contributed by atoms with Crippen molar-refractivity contribution in [2.75, 3.05) is 10.2 Å². The van der Waals surface area contributed by atoms with E-state index in [4.69, 9.17) is 23.2 Å². The fraction of sp³-hybridized carbons (Fsp3) is 0.0833. The second-order valence-corrected chi connectivity index (χ2v) is 9.01.